The normalized spacial score (nSPS) is 11.7. The van der Waals surface area contributed by atoms with Crippen LogP contribution in [0.5, 0.6) is 0 Å². The van der Waals surface area contributed by atoms with Crippen molar-refractivity contribution in [3.8, 4) is 0 Å². The lowest BCUT2D eigenvalue weighted by molar-refractivity contribution is 0.205. The lowest BCUT2D eigenvalue weighted by Crippen LogP contribution is -2.28. The highest BCUT2D eigenvalue weighted by molar-refractivity contribution is 9.10. The zero-order valence-corrected chi connectivity index (χ0v) is 12.4. The minimum atomic E-state index is -0.443. The zero-order chi connectivity index (χ0) is 14.4. The number of amidine groups is 1. The first kappa shape index (κ1) is 15.7. The van der Waals surface area contributed by atoms with E-state index in [4.69, 9.17) is 15.7 Å². The highest BCUT2D eigenvalue weighted by Gasteiger charge is 2.17. The van der Waals surface area contributed by atoms with Crippen LogP contribution in [0.3, 0.4) is 0 Å². The number of likely N-dealkylation sites (N-methyl/N-ethyl adjacent to an activating group) is 1. The molecule has 0 saturated heterocycles. The van der Waals surface area contributed by atoms with Crippen LogP contribution >= 0.6 is 15.9 Å². The van der Waals surface area contributed by atoms with E-state index in [0.29, 0.717) is 30.9 Å². The van der Waals surface area contributed by atoms with Crippen molar-refractivity contribution in [2.75, 3.05) is 31.7 Å². The minimum Gasteiger partial charge on any atom is -0.409 e. The molecule has 0 bridgehead atoms. The summed E-state index contributed by atoms with van der Waals surface area (Å²) >= 11 is 3.13. The van der Waals surface area contributed by atoms with E-state index >= 15 is 0 Å². The quantitative estimate of drug-likeness (QED) is 0.362. The topological polar surface area (TPSA) is 71.1 Å². The number of nitrogens with zero attached hydrogens (tertiary/aromatic N) is 2. The molecule has 19 heavy (non-hydrogen) atoms. The van der Waals surface area contributed by atoms with Crippen molar-refractivity contribution < 1.29 is 14.3 Å². The molecule has 0 amide bonds. The van der Waals surface area contributed by atoms with Gasteiger partial charge in [0.25, 0.3) is 0 Å². The summed E-state index contributed by atoms with van der Waals surface area (Å²) in [6, 6.07) is 3.21. The van der Waals surface area contributed by atoms with E-state index in [1.807, 2.05) is 11.8 Å². The number of halogens is 2. The summed E-state index contributed by atoms with van der Waals surface area (Å²) in [5.41, 5.74) is 6.23. The van der Waals surface area contributed by atoms with Gasteiger partial charge in [-0.15, -0.1) is 0 Å². The summed E-state index contributed by atoms with van der Waals surface area (Å²) < 4.78 is 19.5. The molecule has 0 atom stereocenters. The smallest absolute Gasteiger partial charge is 0.171 e. The molecule has 7 heteroatoms. The summed E-state index contributed by atoms with van der Waals surface area (Å²) in [5.74, 6) is -0.584. The molecule has 0 heterocycles. The number of methoxy groups -OCH3 is 1. The summed E-state index contributed by atoms with van der Waals surface area (Å²) in [5, 5.41) is 11.5. The van der Waals surface area contributed by atoms with Gasteiger partial charge in [0, 0.05) is 25.8 Å². The average Bonchev–Trinajstić information content (AvgIpc) is 2.43. The minimum absolute atomic E-state index is 0.141. The summed E-state index contributed by atoms with van der Waals surface area (Å²) in [6.07, 6.45) is 0. The Kier molecular flexibility index (Phi) is 6.04. The van der Waals surface area contributed by atoms with Crippen LogP contribution < -0.4 is 10.6 Å². The van der Waals surface area contributed by atoms with Crippen molar-refractivity contribution in [1.29, 1.82) is 0 Å². The number of hydrogen-bond acceptors (Lipinski definition) is 4. The number of anilines is 1. The fourth-order valence-corrected chi connectivity index (χ4v) is 2.22. The number of ether oxygens (including phenoxy) is 1. The molecule has 1 aromatic rings. The SMILES string of the molecule is CCN(CCOC)c1ccc(/C(N)=N/O)c(Br)c1F. The van der Waals surface area contributed by atoms with E-state index in [0.717, 1.165) is 0 Å². The molecule has 0 aliphatic carbocycles. The van der Waals surface area contributed by atoms with E-state index in [9.17, 15) is 4.39 Å². The first-order chi connectivity index (χ1) is 9.06. The Labute approximate surface area is 120 Å². The van der Waals surface area contributed by atoms with Gasteiger partial charge in [0.2, 0.25) is 0 Å². The fraction of sp³-hybridized carbons (Fsp3) is 0.417. The van der Waals surface area contributed by atoms with E-state index < -0.39 is 5.82 Å². The van der Waals surface area contributed by atoms with Gasteiger partial charge in [0.15, 0.2) is 11.7 Å². The Hall–Kier alpha value is -1.34. The second-order valence-corrected chi connectivity index (χ2v) is 4.61. The van der Waals surface area contributed by atoms with Gasteiger partial charge in [-0.2, -0.15) is 0 Å². The van der Waals surface area contributed by atoms with Gasteiger partial charge in [-0.25, -0.2) is 4.39 Å². The van der Waals surface area contributed by atoms with Gasteiger partial charge in [-0.1, -0.05) is 5.16 Å². The Bertz CT molecular complexity index is 469. The largest absolute Gasteiger partial charge is 0.409 e. The highest BCUT2D eigenvalue weighted by Crippen LogP contribution is 2.29. The Morgan fingerprint density at radius 3 is 2.79 bits per heavy atom. The molecular weight excluding hydrogens is 317 g/mol. The van der Waals surface area contributed by atoms with Gasteiger partial charge in [0.1, 0.15) is 0 Å². The number of oxime groups is 1. The number of rotatable bonds is 6. The molecular formula is C12H17BrFN3O2. The predicted molar refractivity (Wildman–Crippen MR) is 76.4 cm³/mol. The van der Waals surface area contributed by atoms with Crippen LogP contribution in [0.25, 0.3) is 0 Å². The molecule has 0 aromatic heterocycles. The number of hydrogen-bond donors (Lipinski definition) is 2. The lowest BCUT2D eigenvalue weighted by atomic mass is 10.1. The van der Waals surface area contributed by atoms with Crippen molar-refractivity contribution in [3.63, 3.8) is 0 Å². The predicted octanol–water partition coefficient (Wildman–Crippen LogP) is 2.16. The van der Waals surface area contributed by atoms with E-state index in [1.165, 1.54) is 0 Å². The highest BCUT2D eigenvalue weighted by atomic mass is 79.9. The van der Waals surface area contributed by atoms with Gasteiger partial charge < -0.3 is 20.6 Å². The van der Waals surface area contributed by atoms with Crippen LogP contribution in [-0.2, 0) is 4.74 Å². The van der Waals surface area contributed by atoms with Crippen LogP contribution in [0.1, 0.15) is 12.5 Å². The Balaban J connectivity index is 3.14. The molecule has 0 aliphatic rings. The maximum atomic E-state index is 14.3. The number of benzene rings is 1. The maximum Gasteiger partial charge on any atom is 0.171 e. The Morgan fingerprint density at radius 2 is 2.26 bits per heavy atom. The molecule has 0 unspecified atom stereocenters. The van der Waals surface area contributed by atoms with E-state index in [2.05, 4.69) is 21.1 Å². The van der Waals surface area contributed by atoms with Crippen molar-refractivity contribution in [3.05, 3.63) is 28.0 Å². The molecule has 1 rings (SSSR count). The molecule has 0 aliphatic heterocycles. The van der Waals surface area contributed by atoms with Crippen LogP contribution in [0, 0.1) is 5.82 Å². The van der Waals surface area contributed by atoms with Gasteiger partial charge in [-0.05, 0) is 35.0 Å². The zero-order valence-electron chi connectivity index (χ0n) is 10.9. The maximum absolute atomic E-state index is 14.3. The molecule has 3 N–H and O–H groups in total. The molecule has 106 valence electrons. The van der Waals surface area contributed by atoms with Crippen LogP contribution in [0.15, 0.2) is 21.8 Å². The third kappa shape index (κ3) is 3.57. The molecule has 0 radical (unpaired) electrons. The fourth-order valence-electron chi connectivity index (χ4n) is 1.69. The Morgan fingerprint density at radius 1 is 1.58 bits per heavy atom. The van der Waals surface area contributed by atoms with Crippen molar-refractivity contribution in [1.82, 2.24) is 0 Å². The second kappa shape index (κ2) is 7.30. The summed E-state index contributed by atoms with van der Waals surface area (Å²) in [7, 11) is 1.60. The number of nitrogens with two attached hydrogens (primary N) is 1. The molecule has 0 spiro atoms. The first-order valence-corrected chi connectivity index (χ1v) is 6.55. The molecule has 5 nitrogen and oxygen atoms in total. The average molecular weight is 334 g/mol. The summed E-state index contributed by atoms with van der Waals surface area (Å²) in [6.45, 7) is 3.67. The van der Waals surface area contributed by atoms with Crippen LogP contribution in [0.2, 0.25) is 0 Å². The van der Waals surface area contributed by atoms with Crippen molar-refractivity contribution >= 4 is 27.5 Å². The van der Waals surface area contributed by atoms with Crippen LogP contribution in [-0.4, -0.2) is 37.8 Å². The third-order valence-corrected chi connectivity index (χ3v) is 3.51. The van der Waals surface area contributed by atoms with Crippen LogP contribution in [0.4, 0.5) is 10.1 Å². The standard InChI is InChI=1S/C12H17BrFN3O2/c1-3-17(6-7-19-2)9-5-4-8(12(15)16-18)10(13)11(9)14/h4-5,18H,3,6-7H2,1-2H3,(H2,15,16). The lowest BCUT2D eigenvalue weighted by Gasteiger charge is -2.24. The van der Waals surface area contributed by atoms with E-state index in [1.54, 1.807) is 19.2 Å². The van der Waals surface area contributed by atoms with Gasteiger partial charge in [-0.3, -0.25) is 0 Å². The van der Waals surface area contributed by atoms with E-state index in [-0.39, 0.29) is 10.3 Å². The third-order valence-electron chi connectivity index (χ3n) is 2.73. The monoisotopic (exact) mass is 333 g/mol. The summed E-state index contributed by atoms with van der Waals surface area (Å²) in [4.78, 5) is 1.85. The molecule has 0 saturated carbocycles. The van der Waals surface area contributed by atoms with Crippen molar-refractivity contribution in [2.45, 2.75) is 6.92 Å². The second-order valence-electron chi connectivity index (χ2n) is 3.82. The molecule has 0 fully saturated rings. The molecule has 1 aromatic carbocycles. The van der Waals surface area contributed by atoms with Gasteiger partial charge in [0.05, 0.1) is 16.8 Å². The van der Waals surface area contributed by atoms with Gasteiger partial charge >= 0.3 is 0 Å². The first-order valence-electron chi connectivity index (χ1n) is 5.76. The van der Waals surface area contributed by atoms with Crippen molar-refractivity contribution in [2.24, 2.45) is 10.9 Å².